The molecule has 2 aliphatic carbocycles. The van der Waals surface area contributed by atoms with Gasteiger partial charge < -0.3 is 9.88 Å². The molecule has 0 radical (unpaired) electrons. The van der Waals surface area contributed by atoms with Gasteiger partial charge in [-0.2, -0.15) is 5.26 Å². The molecule has 2 aromatic heterocycles. The van der Waals surface area contributed by atoms with Gasteiger partial charge >= 0.3 is 0 Å². The van der Waals surface area contributed by atoms with E-state index in [1.165, 1.54) is 61.6 Å². The summed E-state index contributed by atoms with van der Waals surface area (Å²) in [4.78, 5) is 14.1. The van der Waals surface area contributed by atoms with Gasteiger partial charge in [0.15, 0.2) is 5.16 Å². The van der Waals surface area contributed by atoms with Crippen LogP contribution in [0.15, 0.2) is 17.8 Å². The zero-order valence-corrected chi connectivity index (χ0v) is 20.9. The van der Waals surface area contributed by atoms with Gasteiger partial charge in [0.2, 0.25) is 5.91 Å². The van der Waals surface area contributed by atoms with Gasteiger partial charge in [-0.15, -0.1) is 28.1 Å². The Kier molecular flexibility index (Phi) is 8.63. The monoisotopic (exact) mass is 483 g/mol. The Morgan fingerprint density at radius 2 is 1.94 bits per heavy atom. The van der Waals surface area contributed by atoms with E-state index in [0.717, 1.165) is 48.6 Å². The predicted octanol–water partition coefficient (Wildman–Crippen LogP) is 5.91. The van der Waals surface area contributed by atoms with Gasteiger partial charge in [0.05, 0.1) is 11.3 Å². The summed E-state index contributed by atoms with van der Waals surface area (Å²) >= 11 is 2.99. The SMILES string of the molecule is C=CCn1c(CC2CCCCC2)nnc1SCC(=O)Nc1sc2c(c1C#N)CCCCCC2. The van der Waals surface area contributed by atoms with E-state index in [-0.39, 0.29) is 11.7 Å². The number of amides is 1. The molecule has 4 rings (SSSR count). The van der Waals surface area contributed by atoms with Gasteiger partial charge in [0, 0.05) is 17.8 Å². The molecule has 0 bridgehead atoms. The number of thioether (sulfide) groups is 1. The maximum Gasteiger partial charge on any atom is 0.235 e. The number of hydrogen-bond acceptors (Lipinski definition) is 6. The lowest BCUT2D eigenvalue weighted by atomic mass is 9.87. The summed E-state index contributed by atoms with van der Waals surface area (Å²) in [5, 5.41) is 23.1. The zero-order valence-electron chi connectivity index (χ0n) is 19.3. The highest BCUT2D eigenvalue weighted by atomic mass is 32.2. The molecule has 1 N–H and O–H groups in total. The Morgan fingerprint density at radius 3 is 2.70 bits per heavy atom. The highest BCUT2D eigenvalue weighted by Crippen LogP contribution is 2.36. The van der Waals surface area contributed by atoms with Crippen LogP contribution in [-0.2, 0) is 30.6 Å². The third-order valence-electron chi connectivity index (χ3n) is 6.67. The average Bonchev–Trinajstić information content (AvgIpc) is 3.33. The number of anilines is 1. The van der Waals surface area contributed by atoms with E-state index >= 15 is 0 Å². The van der Waals surface area contributed by atoms with E-state index in [9.17, 15) is 10.1 Å². The van der Waals surface area contributed by atoms with Crippen molar-refractivity contribution >= 4 is 34.0 Å². The number of rotatable bonds is 8. The Bertz CT molecular complexity index is 1010. The second-order valence-electron chi connectivity index (χ2n) is 9.08. The van der Waals surface area contributed by atoms with Crippen LogP contribution in [0.25, 0.3) is 0 Å². The summed E-state index contributed by atoms with van der Waals surface area (Å²) < 4.78 is 2.09. The predicted molar refractivity (Wildman–Crippen MR) is 135 cm³/mol. The fraction of sp³-hybridized carbons (Fsp3) is 0.600. The number of fused-ring (bicyclic) bond motifs is 1. The Labute approximate surface area is 204 Å². The van der Waals surface area contributed by atoms with Crippen molar-refractivity contribution in [1.82, 2.24) is 14.8 Å². The van der Waals surface area contributed by atoms with Crippen LogP contribution in [0, 0.1) is 17.2 Å². The second kappa shape index (κ2) is 11.8. The number of carbonyl (C=O) groups is 1. The molecule has 0 unspecified atom stereocenters. The van der Waals surface area contributed by atoms with Gasteiger partial charge in [-0.1, -0.05) is 62.8 Å². The van der Waals surface area contributed by atoms with Gasteiger partial charge in [0.1, 0.15) is 16.9 Å². The fourth-order valence-corrected chi connectivity index (χ4v) is 6.98. The van der Waals surface area contributed by atoms with Gasteiger partial charge in [0.25, 0.3) is 0 Å². The molecule has 2 aromatic rings. The number of aromatic nitrogens is 3. The average molecular weight is 484 g/mol. The van der Waals surface area contributed by atoms with Crippen molar-refractivity contribution in [3.8, 4) is 6.07 Å². The third kappa shape index (κ3) is 6.07. The molecule has 2 heterocycles. The highest BCUT2D eigenvalue weighted by molar-refractivity contribution is 7.99. The molecule has 33 heavy (non-hydrogen) atoms. The molecule has 0 atom stereocenters. The lowest BCUT2D eigenvalue weighted by Gasteiger charge is -2.21. The van der Waals surface area contributed by atoms with E-state index in [4.69, 9.17) is 0 Å². The van der Waals surface area contributed by atoms with E-state index < -0.39 is 0 Å². The quantitative estimate of drug-likeness (QED) is 0.373. The lowest BCUT2D eigenvalue weighted by Crippen LogP contribution is -2.15. The summed E-state index contributed by atoms with van der Waals surface area (Å²) in [6.07, 6.45) is 16.0. The second-order valence-corrected chi connectivity index (χ2v) is 11.1. The molecule has 0 saturated heterocycles. The van der Waals surface area contributed by atoms with Crippen molar-refractivity contribution in [2.24, 2.45) is 5.92 Å². The number of nitriles is 1. The molecule has 0 spiro atoms. The normalized spacial score (nSPS) is 16.9. The van der Waals surface area contributed by atoms with Crippen molar-refractivity contribution in [2.75, 3.05) is 11.1 Å². The zero-order chi connectivity index (χ0) is 23.0. The van der Waals surface area contributed by atoms with Crippen LogP contribution in [0.1, 0.15) is 79.6 Å². The van der Waals surface area contributed by atoms with E-state index in [1.807, 2.05) is 6.08 Å². The highest BCUT2D eigenvalue weighted by Gasteiger charge is 2.22. The Hall–Kier alpha value is -2.11. The maximum atomic E-state index is 12.8. The van der Waals surface area contributed by atoms with E-state index in [0.29, 0.717) is 23.0 Å². The summed E-state index contributed by atoms with van der Waals surface area (Å²) in [6.45, 7) is 4.53. The minimum Gasteiger partial charge on any atom is -0.316 e. The van der Waals surface area contributed by atoms with Crippen molar-refractivity contribution in [3.63, 3.8) is 0 Å². The van der Waals surface area contributed by atoms with E-state index in [2.05, 4.69) is 32.7 Å². The van der Waals surface area contributed by atoms with Crippen LogP contribution in [0.5, 0.6) is 0 Å². The summed E-state index contributed by atoms with van der Waals surface area (Å²) in [6, 6.07) is 2.35. The summed E-state index contributed by atoms with van der Waals surface area (Å²) in [5.74, 6) is 1.81. The van der Waals surface area contributed by atoms with Crippen molar-refractivity contribution < 1.29 is 4.79 Å². The first-order chi connectivity index (χ1) is 16.2. The standard InChI is InChI=1S/C25H33N5OS2/c1-2-14-30-22(15-18-10-6-5-7-11-18)28-29-25(30)32-17-23(31)27-24-20(16-26)19-12-8-3-4-9-13-21(19)33-24/h2,18H,1,3-15,17H2,(H,27,31). The number of aryl methyl sites for hydroxylation is 1. The molecule has 1 amide bonds. The van der Waals surface area contributed by atoms with Crippen molar-refractivity contribution in [1.29, 1.82) is 5.26 Å². The minimum absolute atomic E-state index is 0.104. The summed E-state index contributed by atoms with van der Waals surface area (Å²) in [7, 11) is 0. The van der Waals surface area contributed by atoms with Crippen LogP contribution in [-0.4, -0.2) is 26.4 Å². The maximum absolute atomic E-state index is 12.8. The molecule has 0 aromatic carbocycles. The van der Waals surface area contributed by atoms with Crippen molar-refractivity contribution in [2.45, 2.75) is 88.8 Å². The molecule has 176 valence electrons. The van der Waals surface area contributed by atoms with Gasteiger partial charge in [-0.3, -0.25) is 4.79 Å². The molecular formula is C25H33N5OS2. The number of carbonyl (C=O) groups excluding carboxylic acids is 1. The number of nitrogens with one attached hydrogen (secondary N) is 1. The lowest BCUT2D eigenvalue weighted by molar-refractivity contribution is -0.113. The Morgan fingerprint density at radius 1 is 1.18 bits per heavy atom. The van der Waals surface area contributed by atoms with Crippen LogP contribution in [0.4, 0.5) is 5.00 Å². The molecule has 6 nitrogen and oxygen atoms in total. The van der Waals surface area contributed by atoms with Crippen molar-refractivity contribution in [3.05, 3.63) is 34.5 Å². The number of thiophene rings is 1. The van der Waals surface area contributed by atoms with E-state index in [1.54, 1.807) is 11.3 Å². The first-order valence-electron chi connectivity index (χ1n) is 12.2. The summed E-state index contributed by atoms with van der Waals surface area (Å²) in [5.41, 5.74) is 1.82. The van der Waals surface area contributed by atoms with Crippen LogP contribution >= 0.6 is 23.1 Å². The molecule has 2 aliphatic rings. The molecular weight excluding hydrogens is 450 g/mol. The Balaban J connectivity index is 1.40. The minimum atomic E-state index is -0.104. The van der Waals surface area contributed by atoms with Gasteiger partial charge in [-0.05, 0) is 37.2 Å². The van der Waals surface area contributed by atoms with Crippen LogP contribution in [0.3, 0.4) is 0 Å². The topological polar surface area (TPSA) is 83.6 Å². The number of hydrogen-bond donors (Lipinski definition) is 1. The number of allylic oxidation sites excluding steroid dienone is 1. The third-order valence-corrected chi connectivity index (χ3v) is 8.84. The molecule has 0 aliphatic heterocycles. The first kappa shape index (κ1) is 24.0. The largest absolute Gasteiger partial charge is 0.316 e. The molecule has 1 saturated carbocycles. The first-order valence-corrected chi connectivity index (χ1v) is 14.0. The van der Waals surface area contributed by atoms with Gasteiger partial charge in [-0.25, -0.2) is 0 Å². The smallest absolute Gasteiger partial charge is 0.235 e. The molecule has 8 heteroatoms. The van der Waals surface area contributed by atoms with Crippen LogP contribution < -0.4 is 5.32 Å². The van der Waals surface area contributed by atoms with Crippen LogP contribution in [0.2, 0.25) is 0 Å². The number of nitrogens with zero attached hydrogens (tertiary/aromatic N) is 4. The molecule has 1 fully saturated rings. The fourth-order valence-electron chi connectivity index (χ4n) is 4.96.